The standard InChI is InChI=1S/C10H22N2O/c1-2-3-6-12-7-8-13-10(9-12)4-5-11/h10H,2-9,11H2,1H3. The van der Waals surface area contributed by atoms with Crippen LogP contribution in [0.5, 0.6) is 0 Å². The Kier molecular flexibility index (Phi) is 5.35. The largest absolute Gasteiger partial charge is 0.376 e. The lowest BCUT2D eigenvalue weighted by Crippen LogP contribution is -2.43. The van der Waals surface area contributed by atoms with Gasteiger partial charge >= 0.3 is 0 Å². The van der Waals surface area contributed by atoms with Crippen LogP contribution in [-0.2, 0) is 4.74 Å². The molecule has 0 aromatic carbocycles. The second-order valence-electron chi connectivity index (χ2n) is 3.72. The molecule has 1 saturated heterocycles. The molecule has 0 aromatic heterocycles. The van der Waals surface area contributed by atoms with Crippen LogP contribution in [0.4, 0.5) is 0 Å². The second kappa shape index (κ2) is 6.35. The van der Waals surface area contributed by atoms with E-state index in [2.05, 4.69) is 11.8 Å². The molecule has 78 valence electrons. The summed E-state index contributed by atoms with van der Waals surface area (Å²) in [5, 5.41) is 0. The number of hydrogen-bond donors (Lipinski definition) is 1. The minimum atomic E-state index is 0.385. The molecule has 0 amide bonds. The highest BCUT2D eigenvalue weighted by molar-refractivity contribution is 4.71. The molecule has 1 atom stereocenters. The van der Waals surface area contributed by atoms with E-state index in [0.29, 0.717) is 6.10 Å². The Morgan fingerprint density at radius 2 is 2.38 bits per heavy atom. The third kappa shape index (κ3) is 4.07. The van der Waals surface area contributed by atoms with E-state index in [1.54, 1.807) is 0 Å². The van der Waals surface area contributed by atoms with E-state index >= 15 is 0 Å². The number of unbranched alkanes of at least 4 members (excludes halogenated alkanes) is 1. The summed E-state index contributed by atoms with van der Waals surface area (Å²) in [7, 11) is 0. The second-order valence-corrected chi connectivity index (χ2v) is 3.72. The highest BCUT2D eigenvalue weighted by Gasteiger charge is 2.18. The van der Waals surface area contributed by atoms with Gasteiger partial charge in [-0.3, -0.25) is 4.90 Å². The summed E-state index contributed by atoms with van der Waals surface area (Å²) < 4.78 is 5.61. The molecule has 2 N–H and O–H groups in total. The fourth-order valence-electron chi connectivity index (χ4n) is 1.73. The van der Waals surface area contributed by atoms with Crippen LogP contribution in [0.1, 0.15) is 26.2 Å². The van der Waals surface area contributed by atoms with Crippen molar-refractivity contribution in [1.82, 2.24) is 4.90 Å². The van der Waals surface area contributed by atoms with Crippen molar-refractivity contribution in [2.45, 2.75) is 32.3 Å². The van der Waals surface area contributed by atoms with E-state index in [1.165, 1.54) is 19.4 Å². The molecule has 1 fully saturated rings. The Balaban J connectivity index is 2.16. The van der Waals surface area contributed by atoms with Gasteiger partial charge in [0.15, 0.2) is 0 Å². The minimum Gasteiger partial charge on any atom is -0.376 e. The van der Waals surface area contributed by atoms with Gasteiger partial charge in [0.05, 0.1) is 12.7 Å². The lowest BCUT2D eigenvalue weighted by atomic mass is 10.2. The first-order chi connectivity index (χ1) is 6.36. The van der Waals surface area contributed by atoms with Crippen LogP contribution in [0.25, 0.3) is 0 Å². The molecule has 1 rings (SSSR count). The van der Waals surface area contributed by atoms with Crippen molar-refractivity contribution in [3.8, 4) is 0 Å². The number of morpholine rings is 1. The SMILES string of the molecule is CCCCN1CCOC(CCN)C1. The molecule has 1 aliphatic heterocycles. The molecule has 0 saturated carbocycles. The predicted molar refractivity (Wildman–Crippen MR) is 54.8 cm³/mol. The van der Waals surface area contributed by atoms with Gasteiger partial charge in [-0.05, 0) is 25.9 Å². The molecule has 3 heteroatoms. The van der Waals surface area contributed by atoms with E-state index in [9.17, 15) is 0 Å². The zero-order chi connectivity index (χ0) is 9.52. The first-order valence-electron chi connectivity index (χ1n) is 5.40. The van der Waals surface area contributed by atoms with E-state index in [4.69, 9.17) is 10.5 Å². The molecule has 1 unspecified atom stereocenters. The van der Waals surface area contributed by atoms with Gasteiger partial charge in [0.25, 0.3) is 0 Å². The monoisotopic (exact) mass is 186 g/mol. The Labute approximate surface area is 81.2 Å². The molecule has 0 radical (unpaired) electrons. The summed E-state index contributed by atoms with van der Waals surface area (Å²) >= 11 is 0. The number of ether oxygens (including phenoxy) is 1. The van der Waals surface area contributed by atoms with Gasteiger partial charge in [0, 0.05) is 13.1 Å². The van der Waals surface area contributed by atoms with E-state index in [1.807, 2.05) is 0 Å². The lowest BCUT2D eigenvalue weighted by molar-refractivity contribution is -0.0309. The van der Waals surface area contributed by atoms with Crippen LogP contribution < -0.4 is 5.73 Å². The molecule has 1 heterocycles. The van der Waals surface area contributed by atoms with Crippen LogP contribution >= 0.6 is 0 Å². The van der Waals surface area contributed by atoms with Crippen LogP contribution in [0.15, 0.2) is 0 Å². The van der Waals surface area contributed by atoms with Crippen molar-refractivity contribution in [2.75, 3.05) is 32.8 Å². The van der Waals surface area contributed by atoms with Gasteiger partial charge in [0.2, 0.25) is 0 Å². The zero-order valence-corrected chi connectivity index (χ0v) is 8.67. The molecule has 0 aromatic rings. The van der Waals surface area contributed by atoms with Crippen LogP contribution in [0.2, 0.25) is 0 Å². The minimum absolute atomic E-state index is 0.385. The van der Waals surface area contributed by atoms with Crippen LogP contribution in [0.3, 0.4) is 0 Å². The maximum Gasteiger partial charge on any atom is 0.0714 e. The quantitative estimate of drug-likeness (QED) is 0.691. The fraction of sp³-hybridized carbons (Fsp3) is 1.00. The summed E-state index contributed by atoms with van der Waals surface area (Å²) in [5.41, 5.74) is 5.51. The summed E-state index contributed by atoms with van der Waals surface area (Å²) in [6.45, 7) is 7.26. The molecule has 0 aliphatic carbocycles. The molecular formula is C10H22N2O. The molecule has 1 aliphatic rings. The molecule has 0 bridgehead atoms. The molecule has 3 nitrogen and oxygen atoms in total. The van der Waals surface area contributed by atoms with Crippen LogP contribution in [-0.4, -0.2) is 43.8 Å². The van der Waals surface area contributed by atoms with E-state index < -0.39 is 0 Å². The van der Waals surface area contributed by atoms with Gasteiger partial charge in [-0.25, -0.2) is 0 Å². The van der Waals surface area contributed by atoms with Gasteiger partial charge in [-0.2, -0.15) is 0 Å². The molecule has 0 spiro atoms. The molecule has 13 heavy (non-hydrogen) atoms. The maximum absolute atomic E-state index is 5.61. The van der Waals surface area contributed by atoms with E-state index in [-0.39, 0.29) is 0 Å². The van der Waals surface area contributed by atoms with Gasteiger partial charge < -0.3 is 10.5 Å². The van der Waals surface area contributed by atoms with Crippen molar-refractivity contribution in [1.29, 1.82) is 0 Å². The summed E-state index contributed by atoms with van der Waals surface area (Å²) in [6, 6.07) is 0. The number of nitrogens with zero attached hydrogens (tertiary/aromatic N) is 1. The smallest absolute Gasteiger partial charge is 0.0714 e. The first-order valence-corrected chi connectivity index (χ1v) is 5.40. The Bertz CT molecular complexity index is 128. The van der Waals surface area contributed by atoms with Crippen molar-refractivity contribution in [2.24, 2.45) is 5.73 Å². The van der Waals surface area contributed by atoms with Crippen LogP contribution in [0, 0.1) is 0 Å². The first kappa shape index (κ1) is 11.0. The Morgan fingerprint density at radius 3 is 3.08 bits per heavy atom. The fourth-order valence-corrected chi connectivity index (χ4v) is 1.73. The predicted octanol–water partition coefficient (Wildman–Crippen LogP) is 0.836. The Hall–Kier alpha value is -0.120. The Morgan fingerprint density at radius 1 is 1.54 bits per heavy atom. The normalized spacial score (nSPS) is 24.9. The number of nitrogens with two attached hydrogens (primary N) is 1. The van der Waals surface area contributed by atoms with Gasteiger partial charge in [-0.15, -0.1) is 0 Å². The lowest BCUT2D eigenvalue weighted by Gasteiger charge is -2.32. The van der Waals surface area contributed by atoms with Crippen molar-refractivity contribution < 1.29 is 4.74 Å². The summed E-state index contributed by atoms with van der Waals surface area (Å²) in [5.74, 6) is 0. The van der Waals surface area contributed by atoms with Gasteiger partial charge in [-0.1, -0.05) is 13.3 Å². The number of rotatable bonds is 5. The summed E-state index contributed by atoms with van der Waals surface area (Å²) in [6.07, 6.45) is 3.97. The van der Waals surface area contributed by atoms with Gasteiger partial charge in [0.1, 0.15) is 0 Å². The number of hydrogen-bond acceptors (Lipinski definition) is 3. The topological polar surface area (TPSA) is 38.5 Å². The van der Waals surface area contributed by atoms with Crippen molar-refractivity contribution in [3.05, 3.63) is 0 Å². The van der Waals surface area contributed by atoms with E-state index in [0.717, 1.165) is 32.7 Å². The van der Waals surface area contributed by atoms with Crippen molar-refractivity contribution >= 4 is 0 Å². The molecular weight excluding hydrogens is 164 g/mol. The average Bonchev–Trinajstić information content (AvgIpc) is 2.16. The highest BCUT2D eigenvalue weighted by Crippen LogP contribution is 2.08. The zero-order valence-electron chi connectivity index (χ0n) is 8.67. The maximum atomic E-state index is 5.61. The third-order valence-corrected chi connectivity index (χ3v) is 2.54. The summed E-state index contributed by atoms with van der Waals surface area (Å²) in [4.78, 5) is 2.49. The third-order valence-electron chi connectivity index (χ3n) is 2.54. The average molecular weight is 186 g/mol. The van der Waals surface area contributed by atoms with Crippen molar-refractivity contribution in [3.63, 3.8) is 0 Å². The highest BCUT2D eigenvalue weighted by atomic mass is 16.5.